The van der Waals surface area contributed by atoms with Crippen LogP contribution in [0.15, 0.2) is 125 Å². The number of aliphatic hydroxyl groups is 6. The molecular formula is C84H93Cl2F3N16O26. The average molecular weight is 1870 g/mol. The lowest BCUT2D eigenvalue weighted by Gasteiger charge is -2.48. The molecule has 11 bridgehead atoms. The van der Waals surface area contributed by atoms with Gasteiger partial charge in [0.2, 0.25) is 65.3 Å². The highest BCUT2D eigenvalue weighted by molar-refractivity contribution is 6.32. The van der Waals surface area contributed by atoms with Crippen molar-refractivity contribution < 1.29 is 135 Å². The van der Waals surface area contributed by atoms with Crippen LogP contribution in [0.3, 0.4) is 0 Å². The first kappa shape index (κ1) is 95.8. The Balaban J connectivity index is 0.922. The molecule has 42 nitrogen and oxygen atoms in total. The van der Waals surface area contributed by atoms with Gasteiger partial charge in [-0.15, -0.1) is 13.2 Å². The molecule has 9 amide bonds. The zero-order valence-corrected chi connectivity index (χ0v) is 71.5. The number of anilines is 1. The number of primary amides is 1. The van der Waals surface area contributed by atoms with Crippen LogP contribution in [0.4, 0.5) is 19.0 Å². The fourth-order valence-electron chi connectivity index (χ4n) is 15.6. The second-order valence-electron chi connectivity index (χ2n) is 32.2. The van der Waals surface area contributed by atoms with Crippen LogP contribution in [0.2, 0.25) is 10.0 Å². The fraction of sp³-hybridized carbons (Fsp3) is 0.405. The maximum absolute atomic E-state index is 16.4. The molecule has 16 unspecified atom stereocenters. The van der Waals surface area contributed by atoms with Crippen molar-refractivity contribution in [1.29, 1.82) is 0 Å². The summed E-state index contributed by atoms with van der Waals surface area (Å²) in [4.78, 5) is 155. The van der Waals surface area contributed by atoms with Crippen molar-refractivity contribution in [2.45, 2.75) is 176 Å². The molecule has 23 N–H and O–H groups in total. The molecule has 0 radical (unpaired) electrons. The summed E-state index contributed by atoms with van der Waals surface area (Å²) in [6, 6.07) is 5.14. The summed E-state index contributed by atoms with van der Waals surface area (Å²) in [7, 11) is 1.46. The van der Waals surface area contributed by atoms with Crippen LogP contribution in [0.5, 0.6) is 51.7 Å². The summed E-state index contributed by atoms with van der Waals surface area (Å²) >= 11 is 14.4. The third-order valence-electron chi connectivity index (χ3n) is 22.3. The molecule has 6 aromatic carbocycles. The quantitative estimate of drug-likeness (QED) is 0.0437. The van der Waals surface area contributed by atoms with E-state index in [4.69, 9.17) is 57.4 Å². The number of rotatable bonds is 21. The molecule has 8 aliphatic heterocycles. The number of carbonyl (C=O) groups excluding carboxylic acids is 9. The Labute approximate surface area is 751 Å². The number of ether oxygens (including phenoxy) is 7. The van der Waals surface area contributed by atoms with E-state index in [1.165, 1.54) is 44.4 Å². The highest BCUT2D eigenvalue weighted by atomic mass is 35.5. The van der Waals surface area contributed by atoms with Gasteiger partial charge in [0.15, 0.2) is 23.9 Å². The van der Waals surface area contributed by atoms with E-state index in [9.17, 15) is 83.1 Å². The number of alkyl halides is 3. The molecule has 0 aliphatic carbocycles. The first-order valence-corrected chi connectivity index (χ1v) is 41.6. The zero-order chi connectivity index (χ0) is 94.5. The van der Waals surface area contributed by atoms with Gasteiger partial charge in [0, 0.05) is 55.0 Å². The number of hydrazine groups is 1. The van der Waals surface area contributed by atoms with Gasteiger partial charge in [0.25, 0.3) is 5.91 Å². The maximum atomic E-state index is 16.4. The van der Waals surface area contributed by atoms with Crippen LogP contribution in [0.25, 0.3) is 11.1 Å². The Morgan fingerprint density at radius 3 is 2.02 bits per heavy atom. The predicted molar refractivity (Wildman–Crippen MR) is 451 cm³/mol. The Hall–Kier alpha value is -12.8. The summed E-state index contributed by atoms with van der Waals surface area (Å²) < 4.78 is 82.7. The van der Waals surface area contributed by atoms with Crippen molar-refractivity contribution in [3.8, 4) is 62.9 Å². The van der Waals surface area contributed by atoms with Crippen LogP contribution in [-0.4, -0.2) is 233 Å². The number of guanidine groups is 1. The molecule has 131 heavy (non-hydrogen) atoms. The topological polar surface area (TPSA) is 618 Å². The standard InChI is InChI=1S/C84H93Cl2F3N16O26/c1-34(2)22-47(91-5)73(117)101-64-66(112)38-9-14-51(45(85)25-38)126-53-27-40-28-54(70(53)130-80-71(69(115)68(114)55(33-106)128-80)129-59-32-83(4,72(116)35(3)125-59)94-19-21-105-20-16-57(97-82(105)124)96-58(111)23-36-6-11-42(12-7-36)131-84(87,88)89)127-52-15-10-39(26-46(52)86)67(113)65-78(122)100-63(79(123)103-104-81-92-17-18-93-81)44-29-41(107)30-50(109)60(44)43-24-37(8-13-49(43)108)61(75(119)102-65)99-76(120)62(40)98-74(118)48(31-56(90)110)95-77(64)121/h6-16,20,24-30,34-35,47-48,55,59,61-69,71-72,80,91,94,106-109,112-116H,17-19,21-23,31-33H2,1-5H3,(H2,90,110)(H,95,121)(H,98,118)(H,99,120)(H,100,122)(H,101,117)(H,102,119)(H,103,123)(H2,92,93,104)(H,96,97,111,124)/t35?,47?,48?,55?,59?,61?,62?,63-,64?,65?,66?,67?,68?,69?,71?,72?,80?,83-/m1/s1. The number of hydrogen-bond donors (Lipinski definition) is 22. The van der Waals surface area contributed by atoms with E-state index < -0.39 is 272 Å². The van der Waals surface area contributed by atoms with Crippen LogP contribution < -0.4 is 94.4 Å². The van der Waals surface area contributed by atoms with Crippen molar-refractivity contribution in [3.63, 3.8) is 0 Å². The largest absolute Gasteiger partial charge is 0.573 e. The van der Waals surface area contributed by atoms with Crippen LogP contribution in [0, 0.1) is 5.92 Å². The van der Waals surface area contributed by atoms with Gasteiger partial charge >= 0.3 is 12.1 Å². The van der Waals surface area contributed by atoms with Gasteiger partial charge in [-0.3, -0.25) is 63.6 Å². The number of phenols is 3. The van der Waals surface area contributed by atoms with Crippen molar-refractivity contribution in [2.24, 2.45) is 16.6 Å². The zero-order valence-electron chi connectivity index (χ0n) is 70.0. The van der Waals surface area contributed by atoms with Crippen LogP contribution in [-0.2, 0) is 70.3 Å². The van der Waals surface area contributed by atoms with Crippen molar-refractivity contribution in [1.82, 2.24) is 68.3 Å². The van der Waals surface area contributed by atoms with E-state index in [-0.39, 0.29) is 73.3 Å². The number of aromatic nitrogens is 2. The van der Waals surface area contributed by atoms with Crippen LogP contribution in [0.1, 0.15) is 111 Å². The SMILES string of the molecule is CNC(CC(C)C)C(=O)NC1C(=O)NC(CC(N)=O)C(=O)NC2C(=O)NC3C(=O)NC(C(=O)N[C@@H](C(=O)NNC4=NCCN4)c4cc(O)cc(O)c4-c4cc3ccc4O)C(O)c3ccc(c(Cl)c3)Oc3cc2cc(c3OC2OC(CO)C(O)C(O)C2OC2C[C@@](C)(NCCn3ccc(NC(=O)Cc4ccc(OC(F)(F)F)cc4)nc3=O)C(O)C(C)O2)Oc2ccc(cc2Cl)C1O. The van der Waals surface area contributed by atoms with E-state index in [0.717, 1.165) is 89.5 Å². The summed E-state index contributed by atoms with van der Waals surface area (Å²) in [6.45, 7) is 5.97. The number of halogens is 5. The number of phenolic OH excluding ortho intramolecular Hbond substituents is 3. The molecule has 9 heterocycles. The minimum absolute atomic E-state index is 0.0646. The lowest BCUT2D eigenvalue weighted by Crippen LogP contribution is -2.65. The molecular weight excluding hydrogens is 1780 g/mol. The lowest BCUT2D eigenvalue weighted by atomic mass is 9.85. The molecule has 8 aliphatic rings. The van der Waals surface area contributed by atoms with Gasteiger partial charge < -0.3 is 138 Å². The fourth-order valence-corrected chi connectivity index (χ4v) is 16.1. The number of fused-ring (bicyclic) bond motifs is 15. The number of nitrogens with two attached hydrogens (primary N) is 1. The van der Waals surface area contributed by atoms with Crippen LogP contribution >= 0.6 is 23.2 Å². The monoisotopic (exact) mass is 1870 g/mol. The number of benzene rings is 6. The molecule has 15 rings (SSSR count). The van der Waals surface area contributed by atoms with Gasteiger partial charge in [0.05, 0.1) is 54.3 Å². The second-order valence-corrected chi connectivity index (χ2v) is 33.0. The second kappa shape index (κ2) is 40.3. The van der Waals surface area contributed by atoms with Crippen molar-refractivity contribution in [3.05, 3.63) is 169 Å². The Morgan fingerprint density at radius 1 is 0.740 bits per heavy atom. The number of hydrogen-bond acceptors (Lipinski definition) is 32. The Kier molecular flexibility index (Phi) is 29.5. The molecule has 700 valence electrons. The number of aliphatic hydroxyl groups excluding tert-OH is 6. The molecule has 47 heteroatoms. The normalized spacial score (nSPS) is 25.9. The molecule has 0 saturated carbocycles. The maximum Gasteiger partial charge on any atom is 0.573 e. The highest BCUT2D eigenvalue weighted by Gasteiger charge is 2.53. The summed E-state index contributed by atoms with van der Waals surface area (Å²) in [5.74, 6) is -17.0. The minimum atomic E-state index is -4.94. The number of aliphatic imine (C=N–C) groups is 1. The van der Waals surface area contributed by atoms with Gasteiger partial charge in [-0.05, 0) is 139 Å². The van der Waals surface area contributed by atoms with Gasteiger partial charge in [-0.25, -0.2) is 4.79 Å². The molecule has 18 atom stereocenters. The van der Waals surface area contributed by atoms with E-state index in [0.29, 0.717) is 12.1 Å². The van der Waals surface area contributed by atoms with E-state index in [1.807, 2.05) is 0 Å². The summed E-state index contributed by atoms with van der Waals surface area (Å²) in [5.41, 5.74) is 6.00. The number of carbonyl (C=O) groups is 9. The lowest BCUT2D eigenvalue weighted by molar-refractivity contribution is -0.334. The summed E-state index contributed by atoms with van der Waals surface area (Å²) in [5, 5.41) is 133. The molecule has 2 saturated heterocycles. The highest BCUT2D eigenvalue weighted by Crippen LogP contribution is 2.50. The van der Waals surface area contributed by atoms with E-state index in [2.05, 4.69) is 78.7 Å². The number of nitrogens with zero attached hydrogens (tertiary/aromatic N) is 3. The van der Waals surface area contributed by atoms with E-state index in [1.54, 1.807) is 20.8 Å². The van der Waals surface area contributed by atoms with Gasteiger partial charge in [-0.1, -0.05) is 67.4 Å². The molecule has 1 aromatic heterocycles. The third-order valence-corrected chi connectivity index (χ3v) is 22.9. The minimum Gasteiger partial charge on any atom is -0.508 e. The van der Waals surface area contributed by atoms with Gasteiger partial charge in [-0.2, -0.15) is 4.98 Å². The third kappa shape index (κ3) is 22.3. The first-order chi connectivity index (χ1) is 62.1. The van der Waals surface area contributed by atoms with E-state index >= 15 is 24.0 Å². The average Bonchev–Trinajstić information content (AvgIpc) is 0.968. The smallest absolute Gasteiger partial charge is 0.508 e. The van der Waals surface area contributed by atoms with Gasteiger partial charge in [0.1, 0.15) is 107 Å². The first-order valence-electron chi connectivity index (χ1n) is 40.9. The number of nitrogens with one attached hydrogen (secondary N) is 12. The molecule has 7 aromatic rings. The van der Waals surface area contributed by atoms with Crippen molar-refractivity contribution in [2.75, 3.05) is 38.6 Å². The number of amides is 9. The Bertz CT molecular complexity index is 5630. The molecule has 0 spiro atoms. The predicted octanol–water partition coefficient (Wildman–Crippen LogP) is 0.569. The summed E-state index contributed by atoms with van der Waals surface area (Å²) in [6.07, 6.45) is -23.9. The Morgan fingerprint density at radius 2 is 1.40 bits per heavy atom. The van der Waals surface area contributed by atoms with Crippen molar-refractivity contribution >= 4 is 88.1 Å². The number of aromatic hydroxyl groups is 3. The molecule has 2 fully saturated rings. The number of likely N-dealkylation sites (N-methyl/N-ethyl adjacent to an activating group) is 1.